The number of alkyl halides is 3. The van der Waals surface area contributed by atoms with Gasteiger partial charge in [0.25, 0.3) is 0 Å². The fourth-order valence-corrected chi connectivity index (χ4v) is 2.05. The summed E-state index contributed by atoms with van der Waals surface area (Å²) >= 11 is 0. The van der Waals surface area contributed by atoms with E-state index in [9.17, 15) is 32.9 Å². The second-order valence-corrected chi connectivity index (χ2v) is 4.18. The van der Waals surface area contributed by atoms with Crippen LogP contribution in [0.2, 0.25) is 0 Å². The smallest absolute Gasteiger partial charge is 0.415 e. The maximum absolute atomic E-state index is 12.9. The Labute approximate surface area is 111 Å². The van der Waals surface area contributed by atoms with E-state index in [2.05, 4.69) is 4.74 Å². The van der Waals surface area contributed by atoms with Crippen molar-refractivity contribution in [2.45, 2.75) is 38.0 Å². The number of ether oxygens (including phenoxy) is 1. The average Bonchev–Trinajstić information content (AvgIpc) is 2.66. The molecule has 0 aliphatic carbocycles. The monoisotopic (exact) mass is 298 g/mol. The van der Waals surface area contributed by atoms with Gasteiger partial charge in [-0.05, 0) is 13.3 Å². The van der Waals surface area contributed by atoms with E-state index < -0.39 is 41.6 Å². The molecule has 1 heterocycles. The molecule has 20 heavy (non-hydrogen) atoms. The number of amides is 1. The van der Waals surface area contributed by atoms with Crippen molar-refractivity contribution in [2.75, 3.05) is 13.2 Å². The topological polar surface area (TPSA) is 89.8 Å². The highest BCUT2D eigenvalue weighted by Crippen LogP contribution is 2.32. The fraction of sp³-hybridized carbons (Fsp3) is 0.800. The Morgan fingerprint density at radius 1 is 1.60 bits per heavy atom. The van der Waals surface area contributed by atoms with Crippen LogP contribution in [-0.4, -0.2) is 53.1 Å². The molecule has 1 amide bonds. The van der Waals surface area contributed by atoms with Gasteiger partial charge in [-0.2, -0.15) is 13.2 Å². The number of hydrogen-bond acceptors (Lipinski definition) is 5. The van der Waals surface area contributed by atoms with Gasteiger partial charge in [-0.15, -0.1) is 0 Å². The third-order valence-corrected chi connectivity index (χ3v) is 2.85. The minimum Gasteiger partial charge on any atom is -0.464 e. The highest BCUT2D eigenvalue weighted by Gasteiger charge is 2.54. The Balaban J connectivity index is 3.04. The van der Waals surface area contributed by atoms with Crippen molar-refractivity contribution in [3.8, 4) is 0 Å². The highest BCUT2D eigenvalue weighted by molar-refractivity contribution is 5.88. The van der Waals surface area contributed by atoms with Gasteiger partial charge in [0.05, 0.1) is 6.61 Å². The Kier molecular flexibility index (Phi) is 4.90. The van der Waals surface area contributed by atoms with Crippen LogP contribution in [0.3, 0.4) is 0 Å². The molecule has 0 saturated carbocycles. The lowest BCUT2D eigenvalue weighted by molar-refractivity contribution is -0.494. The molecule has 1 aliphatic heterocycles. The Morgan fingerprint density at radius 3 is 2.65 bits per heavy atom. The maximum Gasteiger partial charge on any atom is 0.415 e. The summed E-state index contributed by atoms with van der Waals surface area (Å²) in [5.41, 5.74) is 0. The highest BCUT2D eigenvalue weighted by atomic mass is 19.4. The number of carbonyl (C=O) groups excluding carboxylic acids is 2. The summed E-state index contributed by atoms with van der Waals surface area (Å²) < 4.78 is 43.2. The van der Waals surface area contributed by atoms with Crippen LogP contribution in [0.4, 0.5) is 13.2 Å². The first-order valence-corrected chi connectivity index (χ1v) is 5.84. The number of hydrogen-bond donors (Lipinski definition) is 0. The van der Waals surface area contributed by atoms with Gasteiger partial charge in [0.1, 0.15) is 6.04 Å². The molecule has 1 aliphatic rings. The van der Waals surface area contributed by atoms with E-state index in [0.717, 1.165) is 0 Å². The van der Waals surface area contributed by atoms with Crippen LogP contribution in [-0.2, 0) is 14.3 Å². The van der Waals surface area contributed by atoms with Gasteiger partial charge >= 0.3 is 12.1 Å². The molecule has 1 saturated heterocycles. The van der Waals surface area contributed by atoms with Crippen LogP contribution < -0.4 is 0 Å². The van der Waals surface area contributed by atoms with Gasteiger partial charge in [0.2, 0.25) is 12.5 Å². The number of halogens is 3. The van der Waals surface area contributed by atoms with Crippen LogP contribution in [0.5, 0.6) is 0 Å². The first kappa shape index (κ1) is 16.2. The molecular formula is C10H13F3N2O5. The molecule has 0 aromatic heterocycles. The van der Waals surface area contributed by atoms with E-state index in [0.29, 0.717) is 0 Å². The van der Waals surface area contributed by atoms with Crippen molar-refractivity contribution in [1.29, 1.82) is 0 Å². The summed E-state index contributed by atoms with van der Waals surface area (Å²) in [5, 5.41) is 10.4. The van der Waals surface area contributed by atoms with Gasteiger partial charge in [-0.1, -0.05) is 0 Å². The van der Waals surface area contributed by atoms with E-state index >= 15 is 0 Å². The van der Waals surface area contributed by atoms with E-state index in [-0.39, 0.29) is 24.3 Å². The quantitative estimate of drug-likeness (QED) is 0.424. The summed E-state index contributed by atoms with van der Waals surface area (Å²) in [5.74, 6) is -1.91. The normalized spacial score (nSPS) is 20.9. The van der Waals surface area contributed by atoms with E-state index in [1.165, 1.54) is 6.92 Å². The zero-order chi connectivity index (χ0) is 15.5. The summed E-state index contributed by atoms with van der Waals surface area (Å²) in [6.07, 6.45) is -5.40. The summed E-state index contributed by atoms with van der Waals surface area (Å²) in [6, 6.07) is -4.05. The van der Waals surface area contributed by atoms with Crippen molar-refractivity contribution in [1.82, 2.24) is 4.90 Å². The van der Waals surface area contributed by atoms with Gasteiger partial charge in [0.15, 0.2) is 6.04 Å². The largest absolute Gasteiger partial charge is 0.464 e. The Bertz CT molecular complexity index is 412. The van der Waals surface area contributed by atoms with Gasteiger partial charge in [-0.3, -0.25) is 14.9 Å². The molecule has 1 rings (SSSR count). The number of nitrogens with zero attached hydrogens (tertiary/aromatic N) is 2. The number of carbonyl (C=O) groups is 2. The molecule has 1 unspecified atom stereocenters. The van der Waals surface area contributed by atoms with Crippen molar-refractivity contribution >= 4 is 11.9 Å². The Hall–Kier alpha value is -1.87. The second-order valence-electron chi connectivity index (χ2n) is 4.18. The number of esters is 1. The first-order valence-electron chi connectivity index (χ1n) is 5.84. The van der Waals surface area contributed by atoms with Crippen LogP contribution in [0.25, 0.3) is 0 Å². The number of nitro groups is 1. The van der Waals surface area contributed by atoms with Crippen LogP contribution in [0.1, 0.15) is 19.8 Å². The second kappa shape index (κ2) is 6.06. The SMILES string of the molecule is CCOC(=O)[C@@H]1CCC(=O)N1C(C[N+](=O)[O-])C(F)(F)F. The molecule has 7 nitrogen and oxygen atoms in total. The maximum atomic E-state index is 12.9. The van der Waals surface area contributed by atoms with Gasteiger partial charge in [0, 0.05) is 11.3 Å². The summed E-state index contributed by atoms with van der Waals surface area (Å²) in [7, 11) is 0. The molecule has 0 N–H and O–H groups in total. The van der Waals surface area contributed by atoms with Crippen molar-refractivity contribution in [3.63, 3.8) is 0 Å². The zero-order valence-electron chi connectivity index (χ0n) is 10.6. The summed E-state index contributed by atoms with van der Waals surface area (Å²) in [6.45, 7) is -0.0777. The van der Waals surface area contributed by atoms with E-state index in [1.54, 1.807) is 0 Å². The van der Waals surface area contributed by atoms with Crippen LogP contribution in [0.15, 0.2) is 0 Å². The summed E-state index contributed by atoms with van der Waals surface area (Å²) in [4.78, 5) is 32.6. The number of likely N-dealkylation sites (tertiary alicyclic amines) is 1. The standard InChI is InChI=1S/C10H13F3N2O5/c1-2-20-9(17)6-3-4-8(16)15(6)7(5-14(18)19)10(11,12)13/h6-7H,2-5H2,1H3/t6-,7?/m0/s1. The minimum atomic E-state index is -4.99. The molecule has 0 aromatic rings. The lowest BCUT2D eigenvalue weighted by atomic mass is 10.1. The van der Waals surface area contributed by atoms with Gasteiger partial charge in [-0.25, -0.2) is 4.79 Å². The number of rotatable bonds is 5. The van der Waals surface area contributed by atoms with Gasteiger partial charge < -0.3 is 9.64 Å². The fourth-order valence-electron chi connectivity index (χ4n) is 2.05. The van der Waals surface area contributed by atoms with Crippen molar-refractivity contribution in [3.05, 3.63) is 10.1 Å². The molecule has 1 fully saturated rings. The molecule has 114 valence electrons. The molecule has 0 spiro atoms. The third-order valence-electron chi connectivity index (χ3n) is 2.85. The predicted octanol–water partition coefficient (Wildman–Crippen LogP) is 0.748. The molecule has 10 heteroatoms. The van der Waals surface area contributed by atoms with E-state index in [1.807, 2.05) is 0 Å². The van der Waals surface area contributed by atoms with Crippen molar-refractivity contribution < 1.29 is 32.4 Å². The zero-order valence-corrected chi connectivity index (χ0v) is 10.6. The molecule has 0 radical (unpaired) electrons. The first-order chi connectivity index (χ1) is 9.18. The van der Waals surface area contributed by atoms with Crippen molar-refractivity contribution in [2.24, 2.45) is 0 Å². The molecule has 2 atom stereocenters. The van der Waals surface area contributed by atoms with Crippen LogP contribution >= 0.6 is 0 Å². The molecular weight excluding hydrogens is 285 g/mol. The molecule has 0 bridgehead atoms. The lowest BCUT2D eigenvalue weighted by Gasteiger charge is -2.30. The minimum absolute atomic E-state index is 0.0523. The van der Waals surface area contributed by atoms with Crippen LogP contribution in [0, 0.1) is 10.1 Å². The predicted molar refractivity (Wildman–Crippen MR) is 58.2 cm³/mol. The Morgan fingerprint density at radius 2 is 2.20 bits per heavy atom. The van der Waals surface area contributed by atoms with E-state index in [4.69, 9.17) is 0 Å². The third kappa shape index (κ3) is 3.58. The lowest BCUT2D eigenvalue weighted by Crippen LogP contribution is -2.55. The average molecular weight is 298 g/mol. The molecule has 0 aromatic carbocycles.